The highest BCUT2D eigenvalue weighted by atomic mass is 35.5. The third-order valence-corrected chi connectivity index (χ3v) is 2.94. The summed E-state index contributed by atoms with van der Waals surface area (Å²) in [5.74, 6) is 0. The lowest BCUT2D eigenvalue weighted by atomic mass is 10.2. The van der Waals surface area contributed by atoms with Gasteiger partial charge in [-0.2, -0.15) is 0 Å². The van der Waals surface area contributed by atoms with Crippen LogP contribution in [0.4, 0.5) is 4.79 Å². The molecule has 2 rings (SSSR count). The van der Waals surface area contributed by atoms with Crippen molar-refractivity contribution in [3.05, 3.63) is 35.0 Å². The molecular formula is C15H19ClN2O2. The molecule has 0 radical (unpaired) electrons. The van der Waals surface area contributed by atoms with Crippen LogP contribution < -0.4 is 5.32 Å². The number of amides is 1. The monoisotopic (exact) mass is 294 g/mol. The molecule has 2 N–H and O–H groups in total. The first kappa shape index (κ1) is 14.7. The summed E-state index contributed by atoms with van der Waals surface area (Å²) in [6.45, 7) is 6.05. The smallest absolute Gasteiger partial charge is 0.407 e. The van der Waals surface area contributed by atoms with Gasteiger partial charge in [-0.25, -0.2) is 4.79 Å². The van der Waals surface area contributed by atoms with E-state index in [1.807, 2.05) is 39.0 Å². The van der Waals surface area contributed by atoms with Gasteiger partial charge in [0.2, 0.25) is 0 Å². The summed E-state index contributed by atoms with van der Waals surface area (Å²) in [6.07, 6.45) is 0.322. The summed E-state index contributed by atoms with van der Waals surface area (Å²) in [4.78, 5) is 14.8. The average Bonchev–Trinajstić information content (AvgIpc) is 2.68. The van der Waals surface area contributed by atoms with E-state index in [0.717, 1.165) is 16.6 Å². The van der Waals surface area contributed by atoms with E-state index in [1.54, 1.807) is 0 Å². The fourth-order valence-electron chi connectivity index (χ4n) is 1.91. The van der Waals surface area contributed by atoms with E-state index in [9.17, 15) is 4.79 Å². The Balaban J connectivity index is 1.88. The van der Waals surface area contributed by atoms with Crippen molar-refractivity contribution in [3.8, 4) is 0 Å². The number of aromatic amines is 1. The van der Waals surface area contributed by atoms with Crippen LogP contribution in [0.2, 0.25) is 5.02 Å². The topological polar surface area (TPSA) is 54.1 Å². The lowest BCUT2D eigenvalue weighted by molar-refractivity contribution is 0.0528. The highest BCUT2D eigenvalue weighted by molar-refractivity contribution is 6.31. The molecule has 0 unspecified atom stereocenters. The molecule has 0 saturated heterocycles. The molecule has 0 saturated carbocycles. The van der Waals surface area contributed by atoms with Crippen LogP contribution in [0.15, 0.2) is 24.3 Å². The Hall–Kier alpha value is -1.68. The summed E-state index contributed by atoms with van der Waals surface area (Å²) in [7, 11) is 0. The van der Waals surface area contributed by atoms with Gasteiger partial charge in [-0.05, 0) is 44.4 Å². The first-order valence-electron chi connectivity index (χ1n) is 6.57. The first-order chi connectivity index (χ1) is 9.33. The molecule has 0 atom stereocenters. The maximum Gasteiger partial charge on any atom is 0.407 e. The Bertz CT molecular complexity index is 614. The van der Waals surface area contributed by atoms with Crippen molar-refractivity contribution in [1.82, 2.24) is 10.3 Å². The SMILES string of the molecule is CC(C)(C)OC(=O)NCCc1cc2ccc(Cl)cc2[nH]1. The number of carbonyl (C=O) groups excluding carboxylic acids is 1. The minimum Gasteiger partial charge on any atom is -0.444 e. The molecule has 108 valence electrons. The molecule has 1 aromatic heterocycles. The van der Waals surface area contributed by atoms with E-state index in [2.05, 4.69) is 16.4 Å². The fraction of sp³-hybridized carbons (Fsp3) is 0.400. The maximum atomic E-state index is 11.5. The first-order valence-corrected chi connectivity index (χ1v) is 6.95. The van der Waals surface area contributed by atoms with Crippen LogP contribution in [0.1, 0.15) is 26.5 Å². The molecule has 2 aromatic rings. The van der Waals surface area contributed by atoms with E-state index in [-0.39, 0.29) is 0 Å². The molecule has 1 amide bonds. The van der Waals surface area contributed by atoms with Crippen LogP contribution in [0.5, 0.6) is 0 Å². The number of aromatic nitrogens is 1. The third kappa shape index (κ3) is 4.17. The highest BCUT2D eigenvalue weighted by Gasteiger charge is 2.15. The summed E-state index contributed by atoms with van der Waals surface area (Å²) < 4.78 is 5.17. The average molecular weight is 295 g/mol. The molecule has 20 heavy (non-hydrogen) atoms. The van der Waals surface area contributed by atoms with Crippen LogP contribution in [0.3, 0.4) is 0 Å². The highest BCUT2D eigenvalue weighted by Crippen LogP contribution is 2.20. The summed E-state index contributed by atoms with van der Waals surface area (Å²) in [6, 6.07) is 7.78. The molecule has 0 aliphatic carbocycles. The predicted molar refractivity (Wildman–Crippen MR) is 81.2 cm³/mol. The number of hydrogen-bond donors (Lipinski definition) is 2. The number of hydrogen-bond acceptors (Lipinski definition) is 2. The zero-order chi connectivity index (χ0) is 14.8. The molecule has 0 aliphatic rings. The van der Waals surface area contributed by atoms with Gasteiger partial charge in [0.1, 0.15) is 5.60 Å². The van der Waals surface area contributed by atoms with Gasteiger partial charge in [0, 0.05) is 29.2 Å². The Morgan fingerprint density at radius 1 is 1.35 bits per heavy atom. The van der Waals surface area contributed by atoms with Gasteiger partial charge in [0.15, 0.2) is 0 Å². The molecule has 4 nitrogen and oxygen atoms in total. The van der Waals surface area contributed by atoms with E-state index in [4.69, 9.17) is 16.3 Å². The lowest BCUT2D eigenvalue weighted by Crippen LogP contribution is -2.33. The van der Waals surface area contributed by atoms with Crippen molar-refractivity contribution in [2.75, 3.05) is 6.54 Å². The number of carbonyl (C=O) groups is 1. The second-order valence-corrected chi connectivity index (χ2v) is 6.14. The van der Waals surface area contributed by atoms with Gasteiger partial charge in [0.25, 0.3) is 0 Å². The minimum atomic E-state index is -0.470. The molecule has 0 fully saturated rings. The van der Waals surface area contributed by atoms with E-state index in [0.29, 0.717) is 18.0 Å². The Labute approximate surface area is 123 Å². The Kier molecular flexibility index (Phi) is 4.23. The quantitative estimate of drug-likeness (QED) is 0.902. The van der Waals surface area contributed by atoms with Crippen molar-refractivity contribution in [2.45, 2.75) is 32.8 Å². The third-order valence-electron chi connectivity index (χ3n) is 2.70. The normalized spacial score (nSPS) is 11.6. The van der Waals surface area contributed by atoms with Gasteiger partial charge in [-0.3, -0.25) is 0 Å². The summed E-state index contributed by atoms with van der Waals surface area (Å²) in [5.41, 5.74) is 1.59. The maximum absolute atomic E-state index is 11.5. The lowest BCUT2D eigenvalue weighted by Gasteiger charge is -2.19. The summed E-state index contributed by atoms with van der Waals surface area (Å²) >= 11 is 5.94. The number of fused-ring (bicyclic) bond motifs is 1. The number of nitrogens with one attached hydrogen (secondary N) is 2. The zero-order valence-corrected chi connectivity index (χ0v) is 12.7. The number of rotatable bonds is 3. The number of ether oxygens (including phenoxy) is 1. The number of halogens is 1. The molecule has 0 aliphatic heterocycles. The standard InChI is InChI=1S/C15H19ClN2O2/c1-15(2,3)20-14(19)17-7-6-12-8-10-4-5-11(16)9-13(10)18-12/h4-5,8-9,18H,6-7H2,1-3H3,(H,17,19). The van der Waals surface area contributed by atoms with Gasteiger partial charge in [-0.15, -0.1) is 0 Å². The van der Waals surface area contributed by atoms with Crippen molar-refractivity contribution >= 4 is 28.6 Å². The van der Waals surface area contributed by atoms with Crippen molar-refractivity contribution < 1.29 is 9.53 Å². The van der Waals surface area contributed by atoms with Crippen molar-refractivity contribution in [2.24, 2.45) is 0 Å². The van der Waals surface area contributed by atoms with Gasteiger partial charge in [-0.1, -0.05) is 17.7 Å². The molecule has 0 bridgehead atoms. The minimum absolute atomic E-state index is 0.392. The molecule has 5 heteroatoms. The van der Waals surface area contributed by atoms with Crippen LogP contribution in [0.25, 0.3) is 10.9 Å². The largest absolute Gasteiger partial charge is 0.444 e. The van der Waals surface area contributed by atoms with Crippen LogP contribution in [-0.2, 0) is 11.2 Å². The summed E-state index contributed by atoms with van der Waals surface area (Å²) in [5, 5.41) is 4.56. The van der Waals surface area contributed by atoms with E-state index >= 15 is 0 Å². The number of H-pyrrole nitrogens is 1. The van der Waals surface area contributed by atoms with Crippen molar-refractivity contribution in [1.29, 1.82) is 0 Å². The van der Waals surface area contributed by atoms with Gasteiger partial charge >= 0.3 is 6.09 Å². The second kappa shape index (κ2) is 5.75. The van der Waals surface area contributed by atoms with Crippen LogP contribution >= 0.6 is 11.6 Å². The van der Waals surface area contributed by atoms with Gasteiger partial charge in [0.05, 0.1) is 0 Å². The number of alkyl carbamates (subject to hydrolysis) is 1. The molecule has 1 aromatic carbocycles. The molecule has 0 spiro atoms. The Morgan fingerprint density at radius 3 is 2.80 bits per heavy atom. The Morgan fingerprint density at radius 2 is 2.10 bits per heavy atom. The van der Waals surface area contributed by atoms with E-state index in [1.165, 1.54) is 0 Å². The molecule has 1 heterocycles. The zero-order valence-electron chi connectivity index (χ0n) is 11.9. The second-order valence-electron chi connectivity index (χ2n) is 5.70. The predicted octanol–water partition coefficient (Wildman–Crippen LogP) is 3.89. The fourth-order valence-corrected chi connectivity index (χ4v) is 2.08. The molecular weight excluding hydrogens is 276 g/mol. The van der Waals surface area contributed by atoms with Gasteiger partial charge < -0.3 is 15.0 Å². The van der Waals surface area contributed by atoms with Crippen LogP contribution in [0, 0.1) is 0 Å². The van der Waals surface area contributed by atoms with Crippen molar-refractivity contribution in [3.63, 3.8) is 0 Å². The van der Waals surface area contributed by atoms with Crippen LogP contribution in [-0.4, -0.2) is 23.2 Å². The van der Waals surface area contributed by atoms with E-state index < -0.39 is 11.7 Å². The number of benzene rings is 1.